The summed E-state index contributed by atoms with van der Waals surface area (Å²) >= 11 is 0. The van der Waals surface area contributed by atoms with E-state index in [1.807, 2.05) is 20.8 Å². The molecule has 0 spiro atoms. The second-order valence-corrected chi connectivity index (χ2v) is 7.05. The van der Waals surface area contributed by atoms with Crippen molar-refractivity contribution in [2.24, 2.45) is 0 Å². The van der Waals surface area contributed by atoms with Crippen LogP contribution in [0, 0.1) is 0 Å². The zero-order valence-corrected chi connectivity index (χ0v) is 12.8. The summed E-state index contributed by atoms with van der Waals surface area (Å²) in [5, 5.41) is 3.03. The van der Waals surface area contributed by atoms with Gasteiger partial charge < -0.3 is 5.32 Å². The zero-order chi connectivity index (χ0) is 15.1. The maximum absolute atomic E-state index is 12.5. The van der Waals surface area contributed by atoms with Crippen molar-refractivity contribution in [3.8, 4) is 0 Å². The first-order valence-electron chi connectivity index (χ1n) is 6.26. The lowest BCUT2D eigenvalue weighted by molar-refractivity contribution is 0.0971. The fourth-order valence-corrected chi connectivity index (χ4v) is 2.92. The molecule has 4 nitrogen and oxygen atoms in total. The summed E-state index contributed by atoms with van der Waals surface area (Å²) < 4.78 is 11.9. The monoisotopic (exact) mass is 291 g/mol. The summed E-state index contributed by atoms with van der Waals surface area (Å²) in [6.07, 6.45) is 1.42. The molecule has 0 bridgehead atoms. The molecule has 0 aliphatic heterocycles. The van der Waals surface area contributed by atoms with E-state index in [2.05, 4.69) is 5.32 Å². The van der Waals surface area contributed by atoms with Gasteiger partial charge in [-0.05, 0) is 20.8 Å². The van der Waals surface area contributed by atoms with Gasteiger partial charge in [0.2, 0.25) is 11.6 Å². The number of Topliss-reactive ketones (excluding diaryl/α,β-unsaturated/α-hetero) is 2. The third kappa shape index (κ3) is 2.58. The largest absolute Gasteiger partial charge is 0.376 e. The van der Waals surface area contributed by atoms with E-state index >= 15 is 0 Å². The van der Waals surface area contributed by atoms with Crippen molar-refractivity contribution in [1.29, 1.82) is 0 Å². The Kier molecular flexibility index (Phi) is 3.65. The molecule has 2 rings (SSSR count). The number of hydrogen-bond acceptors (Lipinski definition) is 4. The minimum absolute atomic E-state index is 0.0589. The van der Waals surface area contributed by atoms with E-state index in [4.69, 9.17) is 0 Å². The Morgan fingerprint density at radius 2 is 1.50 bits per heavy atom. The van der Waals surface area contributed by atoms with Crippen LogP contribution in [-0.2, 0) is 10.8 Å². The zero-order valence-electron chi connectivity index (χ0n) is 11.9. The summed E-state index contributed by atoms with van der Waals surface area (Å²) in [6, 6.07) is 6.63. The molecule has 0 aromatic heterocycles. The maximum Gasteiger partial charge on any atom is 0.210 e. The lowest BCUT2D eigenvalue weighted by atomic mass is 9.91. The topological polar surface area (TPSA) is 63.2 Å². The molecule has 1 aromatic carbocycles. The molecule has 20 heavy (non-hydrogen) atoms. The molecule has 1 N–H and O–H groups in total. The molecule has 1 unspecified atom stereocenters. The van der Waals surface area contributed by atoms with Crippen LogP contribution >= 0.6 is 0 Å². The fraction of sp³-hybridized carbons (Fsp3) is 0.333. The molecule has 106 valence electrons. The molecule has 0 radical (unpaired) electrons. The minimum atomic E-state index is -1.53. The molecule has 0 saturated heterocycles. The number of nitrogens with one attached hydrogen (secondary N) is 1. The Bertz CT molecular complexity index is 653. The van der Waals surface area contributed by atoms with Gasteiger partial charge in [-0.25, -0.2) is 0 Å². The second-order valence-electron chi connectivity index (χ2n) is 5.74. The summed E-state index contributed by atoms with van der Waals surface area (Å²) in [7, 11) is -1.53. The molecule has 0 amide bonds. The quantitative estimate of drug-likeness (QED) is 0.905. The van der Waals surface area contributed by atoms with Crippen LogP contribution in [0.3, 0.4) is 0 Å². The van der Waals surface area contributed by atoms with E-state index < -0.39 is 16.3 Å². The standard InChI is InChI=1S/C15H17NO3S/c1-15(2,3)16-11-12(17)9-7-5-6-8-10(9)13(18)14(11)20(4)19/h5-8,16H,1-4H3. The van der Waals surface area contributed by atoms with E-state index in [9.17, 15) is 13.8 Å². The molecule has 0 heterocycles. The summed E-state index contributed by atoms with van der Waals surface area (Å²) in [5.74, 6) is -0.617. The number of hydrogen-bond donors (Lipinski definition) is 1. The molecular formula is C15H17NO3S. The Morgan fingerprint density at radius 3 is 1.95 bits per heavy atom. The molecule has 1 aromatic rings. The molecule has 1 aliphatic rings. The van der Waals surface area contributed by atoms with Crippen molar-refractivity contribution in [1.82, 2.24) is 5.32 Å². The lowest BCUT2D eigenvalue weighted by Gasteiger charge is -2.28. The number of carbonyl (C=O) groups excluding carboxylic acids is 2. The Hall–Kier alpha value is -1.75. The number of rotatable bonds is 2. The van der Waals surface area contributed by atoms with Crippen molar-refractivity contribution in [2.75, 3.05) is 6.26 Å². The maximum atomic E-state index is 12.5. The smallest absolute Gasteiger partial charge is 0.210 e. The highest BCUT2D eigenvalue weighted by molar-refractivity contribution is 7.89. The first-order chi connectivity index (χ1) is 9.22. The predicted molar refractivity (Wildman–Crippen MR) is 79.1 cm³/mol. The van der Waals surface area contributed by atoms with Gasteiger partial charge in [-0.2, -0.15) is 0 Å². The van der Waals surface area contributed by atoms with Crippen molar-refractivity contribution < 1.29 is 13.8 Å². The average Bonchev–Trinajstić information content (AvgIpc) is 2.34. The van der Waals surface area contributed by atoms with Gasteiger partial charge in [-0.3, -0.25) is 13.8 Å². The van der Waals surface area contributed by atoms with Gasteiger partial charge >= 0.3 is 0 Å². The molecule has 1 atom stereocenters. The number of fused-ring (bicyclic) bond motifs is 1. The first-order valence-corrected chi connectivity index (χ1v) is 7.82. The van der Waals surface area contributed by atoms with E-state index in [1.165, 1.54) is 6.26 Å². The highest BCUT2D eigenvalue weighted by Crippen LogP contribution is 2.27. The van der Waals surface area contributed by atoms with Crippen molar-refractivity contribution in [2.45, 2.75) is 26.3 Å². The first kappa shape index (κ1) is 14.7. The predicted octanol–water partition coefficient (Wildman–Crippen LogP) is 2.04. The third-order valence-corrected chi connectivity index (χ3v) is 3.83. The van der Waals surface area contributed by atoms with E-state index in [1.54, 1.807) is 24.3 Å². The van der Waals surface area contributed by atoms with E-state index in [0.717, 1.165) is 0 Å². The third-order valence-electron chi connectivity index (χ3n) is 2.86. The highest BCUT2D eigenvalue weighted by atomic mass is 32.2. The minimum Gasteiger partial charge on any atom is -0.376 e. The molecule has 1 aliphatic carbocycles. The van der Waals surface area contributed by atoms with Gasteiger partial charge in [0.05, 0.1) is 10.8 Å². The van der Waals surface area contributed by atoms with Crippen molar-refractivity contribution in [3.63, 3.8) is 0 Å². The summed E-state index contributed by atoms with van der Waals surface area (Å²) in [6.45, 7) is 5.65. The number of carbonyl (C=O) groups is 2. The van der Waals surface area contributed by atoms with Crippen LogP contribution in [0.1, 0.15) is 41.5 Å². The van der Waals surface area contributed by atoms with Crippen LogP contribution in [0.25, 0.3) is 0 Å². The summed E-state index contributed by atoms with van der Waals surface area (Å²) in [5.41, 5.74) is 0.435. The van der Waals surface area contributed by atoms with Gasteiger partial charge in [0.15, 0.2) is 0 Å². The van der Waals surface area contributed by atoms with Crippen molar-refractivity contribution in [3.05, 3.63) is 46.0 Å². The van der Waals surface area contributed by atoms with Crippen LogP contribution in [0.4, 0.5) is 0 Å². The normalized spacial score (nSPS) is 17.0. The van der Waals surface area contributed by atoms with Crippen LogP contribution in [-0.4, -0.2) is 27.6 Å². The van der Waals surface area contributed by atoms with Crippen LogP contribution in [0.15, 0.2) is 34.9 Å². The molecule has 5 heteroatoms. The Balaban J connectivity index is 2.66. The SMILES string of the molecule is CS(=O)C1=C(NC(C)(C)C)C(=O)c2ccccc2C1=O. The molecule has 0 saturated carbocycles. The van der Waals surface area contributed by atoms with Crippen LogP contribution in [0.2, 0.25) is 0 Å². The van der Waals surface area contributed by atoms with Gasteiger partial charge in [-0.1, -0.05) is 24.3 Å². The van der Waals surface area contributed by atoms with Crippen LogP contribution in [0.5, 0.6) is 0 Å². The van der Waals surface area contributed by atoms with Gasteiger partial charge in [-0.15, -0.1) is 0 Å². The van der Waals surface area contributed by atoms with Crippen LogP contribution < -0.4 is 5.32 Å². The van der Waals surface area contributed by atoms with Gasteiger partial charge in [0.25, 0.3) is 0 Å². The number of ketones is 2. The number of allylic oxidation sites excluding steroid dienone is 2. The Morgan fingerprint density at radius 1 is 1.00 bits per heavy atom. The highest BCUT2D eigenvalue weighted by Gasteiger charge is 2.35. The van der Waals surface area contributed by atoms with Gasteiger partial charge in [0, 0.05) is 22.9 Å². The molecule has 0 fully saturated rings. The van der Waals surface area contributed by atoms with E-state index in [-0.39, 0.29) is 22.2 Å². The van der Waals surface area contributed by atoms with Gasteiger partial charge in [0.1, 0.15) is 10.6 Å². The second kappa shape index (κ2) is 4.98. The summed E-state index contributed by atoms with van der Waals surface area (Å²) in [4.78, 5) is 25.1. The average molecular weight is 291 g/mol. The molecular weight excluding hydrogens is 274 g/mol. The lowest BCUT2D eigenvalue weighted by Crippen LogP contribution is -2.41. The van der Waals surface area contributed by atoms with Crippen molar-refractivity contribution >= 4 is 22.4 Å². The Labute approximate surface area is 120 Å². The van der Waals surface area contributed by atoms with E-state index in [0.29, 0.717) is 11.1 Å². The fourth-order valence-electron chi connectivity index (χ4n) is 2.12. The number of benzene rings is 1.